The quantitative estimate of drug-likeness (QED) is 0.758. The van der Waals surface area contributed by atoms with Crippen molar-refractivity contribution in [3.05, 3.63) is 34.5 Å². The molecule has 0 spiro atoms. The average molecular weight is 434 g/mol. The highest BCUT2D eigenvalue weighted by Crippen LogP contribution is 2.40. The zero-order valence-electron chi connectivity index (χ0n) is 16.7. The predicted octanol–water partition coefficient (Wildman–Crippen LogP) is 2.77. The number of rotatable bonds is 2. The van der Waals surface area contributed by atoms with Gasteiger partial charge in [-0.2, -0.15) is 5.10 Å². The van der Waals surface area contributed by atoms with Crippen molar-refractivity contribution in [3.63, 3.8) is 0 Å². The third-order valence-corrected chi connectivity index (χ3v) is 7.37. The molecule has 2 aliphatic carbocycles. The molecule has 2 heterocycles. The molecule has 0 saturated heterocycles. The van der Waals surface area contributed by atoms with Gasteiger partial charge in [0, 0.05) is 5.69 Å². The van der Waals surface area contributed by atoms with Gasteiger partial charge in [0.2, 0.25) is 5.88 Å². The number of urea groups is 1. The number of aromatic nitrogens is 2. The zero-order valence-corrected chi connectivity index (χ0v) is 17.5. The summed E-state index contributed by atoms with van der Waals surface area (Å²) in [6.45, 7) is 2.00. The zero-order chi connectivity index (χ0) is 21.0. The maximum atomic E-state index is 13.5. The molecule has 1 aliphatic heterocycles. The topological polar surface area (TPSA) is 112 Å². The van der Waals surface area contributed by atoms with E-state index >= 15 is 0 Å². The fourth-order valence-corrected chi connectivity index (χ4v) is 5.76. The minimum atomic E-state index is -3.60. The maximum Gasteiger partial charge on any atom is 0.354 e. The van der Waals surface area contributed by atoms with Gasteiger partial charge in [0.05, 0.1) is 12.7 Å². The number of aryl methyl sites for hydroxylation is 1. The lowest BCUT2D eigenvalue weighted by atomic mass is 9.99. The Hall–Kier alpha value is -2.46. The Labute approximate surface area is 174 Å². The van der Waals surface area contributed by atoms with Gasteiger partial charge in [-0.05, 0) is 60.3 Å². The lowest BCUT2D eigenvalue weighted by molar-refractivity contribution is 0.122. The minimum absolute atomic E-state index is 0.00157. The van der Waals surface area contributed by atoms with Crippen LogP contribution >= 0.6 is 0 Å². The molecular formula is C20H24FN5O3S. The van der Waals surface area contributed by atoms with Crippen LogP contribution < -0.4 is 15.2 Å². The molecule has 5 rings (SSSR count). The Morgan fingerprint density at radius 3 is 3.03 bits per heavy atom. The summed E-state index contributed by atoms with van der Waals surface area (Å²) in [5.74, 6) is 0.618. The van der Waals surface area contributed by atoms with Crippen LogP contribution in [0, 0.1) is 5.92 Å². The number of ether oxygens (including phenoxy) is 1. The van der Waals surface area contributed by atoms with Crippen LogP contribution in [0.4, 0.5) is 14.9 Å². The van der Waals surface area contributed by atoms with Crippen LogP contribution in [0.1, 0.15) is 35.6 Å². The van der Waals surface area contributed by atoms with E-state index < -0.39 is 22.1 Å². The second-order valence-electron chi connectivity index (χ2n) is 8.39. The van der Waals surface area contributed by atoms with Gasteiger partial charge in [0.25, 0.3) is 0 Å². The van der Waals surface area contributed by atoms with Crippen molar-refractivity contribution in [2.75, 3.05) is 11.9 Å². The van der Waals surface area contributed by atoms with E-state index in [9.17, 15) is 13.4 Å². The SMILES string of the molecule is C[C@@H]1Cc2cc3c(c(NC(=O)N=S(N)(=O)c4cnn5c4OC[C@@H](F)C5)c2C1)CCC3. The van der Waals surface area contributed by atoms with Gasteiger partial charge in [-0.1, -0.05) is 13.0 Å². The number of fused-ring (bicyclic) bond motifs is 3. The summed E-state index contributed by atoms with van der Waals surface area (Å²) in [6, 6.07) is 1.51. The van der Waals surface area contributed by atoms with Crippen molar-refractivity contribution in [2.24, 2.45) is 15.4 Å². The average Bonchev–Trinajstić information content (AvgIpc) is 3.37. The molecule has 0 fully saturated rings. The Morgan fingerprint density at radius 2 is 2.20 bits per heavy atom. The van der Waals surface area contributed by atoms with Gasteiger partial charge in [-0.3, -0.25) is 0 Å². The number of hydrogen-bond acceptors (Lipinski definition) is 4. The predicted molar refractivity (Wildman–Crippen MR) is 110 cm³/mol. The van der Waals surface area contributed by atoms with Crippen LogP contribution in [-0.4, -0.2) is 32.8 Å². The number of halogens is 1. The number of nitrogens with one attached hydrogen (secondary N) is 1. The normalized spacial score (nSPS) is 23.7. The van der Waals surface area contributed by atoms with E-state index in [1.54, 1.807) is 0 Å². The number of alkyl halides is 1. The Morgan fingerprint density at radius 1 is 1.37 bits per heavy atom. The fraction of sp³-hybridized carbons (Fsp3) is 0.500. The van der Waals surface area contributed by atoms with Crippen molar-refractivity contribution in [1.82, 2.24) is 9.78 Å². The van der Waals surface area contributed by atoms with Crippen molar-refractivity contribution in [3.8, 4) is 5.88 Å². The number of nitrogens with zero attached hydrogens (tertiary/aromatic N) is 3. The molecule has 0 radical (unpaired) electrons. The maximum absolute atomic E-state index is 13.5. The standard InChI is InChI=1S/C20H24FN5O3S/c1-11-5-13-7-12-3-2-4-15(12)18(16(13)6-11)24-20(27)25-30(22,28)17-8-23-26-9-14(21)10-29-19(17)26/h7-8,11,14H,2-6,9-10H2,1H3,(H3,22,24,25,27,28)/t11-,14+,30?/m1/s1. The number of anilines is 1. The summed E-state index contributed by atoms with van der Waals surface area (Å²) >= 11 is 0. The lowest BCUT2D eigenvalue weighted by Crippen LogP contribution is -2.28. The summed E-state index contributed by atoms with van der Waals surface area (Å²) in [4.78, 5) is 12.8. The second kappa shape index (κ2) is 7.05. The molecular weight excluding hydrogens is 409 g/mol. The first-order valence-electron chi connectivity index (χ1n) is 10.2. The monoisotopic (exact) mass is 433 g/mol. The first kappa shape index (κ1) is 19.5. The highest BCUT2D eigenvalue weighted by molar-refractivity contribution is 7.91. The van der Waals surface area contributed by atoms with Gasteiger partial charge in [0.15, 0.2) is 16.1 Å². The van der Waals surface area contributed by atoms with E-state index in [2.05, 4.69) is 27.8 Å². The fourth-order valence-electron chi connectivity index (χ4n) is 4.76. The molecule has 3 N–H and O–H groups in total. The molecule has 160 valence electrons. The van der Waals surface area contributed by atoms with Crippen LogP contribution in [-0.2, 0) is 42.1 Å². The smallest absolute Gasteiger partial charge is 0.354 e. The summed E-state index contributed by atoms with van der Waals surface area (Å²) < 4.78 is 36.9. The Bertz CT molecular complexity index is 1170. The second-order valence-corrected chi connectivity index (χ2v) is 10.1. The Kier molecular flexibility index (Phi) is 4.59. The van der Waals surface area contributed by atoms with Crippen molar-refractivity contribution in [1.29, 1.82) is 0 Å². The van der Waals surface area contributed by atoms with Gasteiger partial charge in [-0.25, -0.2) is 23.2 Å². The van der Waals surface area contributed by atoms with E-state index in [1.807, 2.05) is 0 Å². The third-order valence-electron chi connectivity index (χ3n) is 6.02. The van der Waals surface area contributed by atoms with Crippen LogP contribution in [0.3, 0.4) is 0 Å². The molecule has 1 unspecified atom stereocenters. The first-order valence-corrected chi connectivity index (χ1v) is 11.7. The molecule has 1 aromatic carbocycles. The molecule has 1 aromatic heterocycles. The van der Waals surface area contributed by atoms with Gasteiger partial charge in [0.1, 0.15) is 11.5 Å². The molecule has 0 bridgehead atoms. The van der Waals surface area contributed by atoms with E-state index in [0.29, 0.717) is 5.92 Å². The highest BCUT2D eigenvalue weighted by Gasteiger charge is 2.30. The highest BCUT2D eigenvalue weighted by atomic mass is 32.2. The number of carbonyl (C=O) groups excluding carboxylic acids is 1. The van der Waals surface area contributed by atoms with Gasteiger partial charge in [-0.15, -0.1) is 4.36 Å². The third kappa shape index (κ3) is 3.27. The van der Waals surface area contributed by atoms with Crippen molar-refractivity contribution >= 4 is 21.6 Å². The van der Waals surface area contributed by atoms with Crippen molar-refractivity contribution in [2.45, 2.75) is 56.6 Å². The Balaban J connectivity index is 1.47. The summed E-state index contributed by atoms with van der Waals surface area (Å²) in [7, 11) is -3.60. The number of benzene rings is 1. The van der Waals surface area contributed by atoms with Crippen molar-refractivity contribution < 1.29 is 18.1 Å². The molecule has 0 saturated carbocycles. The first-order chi connectivity index (χ1) is 14.3. The number of carbonyl (C=O) groups is 1. The lowest BCUT2D eigenvalue weighted by Gasteiger charge is -2.19. The number of amides is 2. The summed E-state index contributed by atoms with van der Waals surface area (Å²) in [5, 5.41) is 12.8. The number of hydrogen-bond donors (Lipinski definition) is 2. The minimum Gasteiger partial charge on any atom is -0.474 e. The molecule has 2 amide bonds. The van der Waals surface area contributed by atoms with E-state index in [-0.39, 0.29) is 23.9 Å². The van der Waals surface area contributed by atoms with Crippen LogP contribution in [0.25, 0.3) is 0 Å². The largest absolute Gasteiger partial charge is 0.474 e. The van der Waals surface area contributed by atoms with E-state index in [0.717, 1.165) is 48.9 Å². The van der Waals surface area contributed by atoms with Crippen LogP contribution in [0.5, 0.6) is 5.88 Å². The summed E-state index contributed by atoms with van der Waals surface area (Å²) in [6.07, 6.45) is 4.86. The van der Waals surface area contributed by atoms with Gasteiger partial charge < -0.3 is 10.1 Å². The molecule has 3 aliphatic rings. The molecule has 2 aromatic rings. The summed E-state index contributed by atoms with van der Waals surface area (Å²) in [5.41, 5.74) is 5.64. The molecule has 8 nitrogen and oxygen atoms in total. The van der Waals surface area contributed by atoms with Crippen LogP contribution in [0.15, 0.2) is 21.5 Å². The number of nitrogens with two attached hydrogens (primary N) is 1. The van der Waals surface area contributed by atoms with E-state index in [4.69, 9.17) is 9.88 Å². The van der Waals surface area contributed by atoms with Crippen LogP contribution in [0.2, 0.25) is 0 Å². The molecule has 10 heteroatoms. The molecule has 30 heavy (non-hydrogen) atoms. The van der Waals surface area contributed by atoms with E-state index in [1.165, 1.54) is 22.0 Å². The van der Waals surface area contributed by atoms with Gasteiger partial charge >= 0.3 is 6.03 Å². The molecule has 3 atom stereocenters.